The molecule has 230 valence electrons. The van der Waals surface area contributed by atoms with Crippen LogP contribution in [0.5, 0.6) is 5.75 Å². The van der Waals surface area contributed by atoms with E-state index in [2.05, 4.69) is 72.9 Å². The van der Waals surface area contributed by atoms with Crippen LogP contribution in [-0.2, 0) is 0 Å². The number of fused-ring (bicyclic) bond motifs is 4. The van der Waals surface area contributed by atoms with Gasteiger partial charge in [-0.15, -0.1) is 0 Å². The Bertz CT molecular complexity index is 2440. The van der Waals surface area contributed by atoms with Gasteiger partial charge in [-0.05, 0) is 83.0 Å². The Morgan fingerprint density at radius 2 is 0.918 bits per heavy atom. The van der Waals surface area contributed by atoms with Crippen molar-refractivity contribution in [3.8, 4) is 5.75 Å². The molecule has 0 radical (unpaired) electrons. The molecule has 9 rings (SSSR count). The summed E-state index contributed by atoms with van der Waals surface area (Å²) in [6.45, 7) is 0. The number of nitrogens with zero attached hydrogens (tertiary/aromatic N) is 4. The van der Waals surface area contributed by atoms with E-state index in [0.29, 0.717) is 0 Å². The van der Waals surface area contributed by atoms with E-state index in [1.807, 2.05) is 78.9 Å². The van der Waals surface area contributed by atoms with Gasteiger partial charge in [-0.2, -0.15) is 0 Å². The maximum atomic E-state index is 10.5. The quantitative estimate of drug-likeness (QED) is 0.240. The average molecular weight is 629 g/mol. The highest BCUT2D eigenvalue weighted by Crippen LogP contribution is 2.39. The van der Waals surface area contributed by atoms with Crippen LogP contribution >= 0.6 is 0 Å². The molecule has 5 aliphatic rings. The summed E-state index contributed by atoms with van der Waals surface area (Å²) in [6, 6.07) is 38.2. The second-order valence-corrected chi connectivity index (χ2v) is 12.0. The molecule has 0 fully saturated rings. The van der Waals surface area contributed by atoms with Crippen molar-refractivity contribution in [2.75, 3.05) is 0 Å². The van der Waals surface area contributed by atoms with E-state index < -0.39 is 0 Å². The van der Waals surface area contributed by atoms with Crippen LogP contribution in [-0.4, -0.2) is 28.0 Å². The van der Waals surface area contributed by atoms with Crippen molar-refractivity contribution < 1.29 is 5.11 Å². The van der Waals surface area contributed by atoms with Crippen molar-refractivity contribution in [3.63, 3.8) is 0 Å². The summed E-state index contributed by atoms with van der Waals surface area (Å²) in [7, 11) is 0. The molecule has 1 N–H and O–H groups in total. The maximum absolute atomic E-state index is 10.5. The van der Waals surface area contributed by atoms with Crippen molar-refractivity contribution in [2.45, 2.75) is 0 Å². The number of rotatable bonds is 4. The number of hydrogen-bond acceptors (Lipinski definition) is 5. The molecule has 0 unspecified atom stereocenters. The molecular weight excluding hydrogens is 601 g/mol. The molecule has 0 atom stereocenters. The normalized spacial score (nSPS) is 17.7. The maximum Gasteiger partial charge on any atom is 0.116 e. The topological polar surface area (TPSA) is 69.7 Å². The lowest BCUT2D eigenvalue weighted by atomic mass is 9.91. The second-order valence-electron chi connectivity index (χ2n) is 12.0. The van der Waals surface area contributed by atoms with Gasteiger partial charge in [0.25, 0.3) is 0 Å². The molecule has 5 nitrogen and oxygen atoms in total. The lowest BCUT2D eigenvalue weighted by Gasteiger charge is -2.14. The predicted molar refractivity (Wildman–Crippen MR) is 201 cm³/mol. The number of phenolic OH excluding ortho intramolecular Hbond substituents is 1. The highest BCUT2D eigenvalue weighted by molar-refractivity contribution is 6.48. The van der Waals surface area contributed by atoms with Gasteiger partial charge in [-0.1, -0.05) is 103 Å². The third-order valence-corrected chi connectivity index (χ3v) is 8.89. The molecule has 0 saturated carbocycles. The number of aliphatic imine (C=N–C) groups is 4. The van der Waals surface area contributed by atoms with Gasteiger partial charge in [-0.25, -0.2) is 20.0 Å². The lowest BCUT2D eigenvalue weighted by Crippen LogP contribution is -2.06. The second kappa shape index (κ2) is 11.8. The van der Waals surface area contributed by atoms with Crippen LogP contribution in [0, 0.1) is 0 Å². The first kappa shape index (κ1) is 28.5. The van der Waals surface area contributed by atoms with E-state index >= 15 is 0 Å². The molecule has 5 aliphatic heterocycles. The van der Waals surface area contributed by atoms with Crippen molar-refractivity contribution in [1.29, 1.82) is 0 Å². The molecular formula is C44H28N4O. The predicted octanol–water partition coefficient (Wildman–Crippen LogP) is 9.39. The first-order valence-corrected chi connectivity index (χ1v) is 16.2. The van der Waals surface area contributed by atoms with Gasteiger partial charge in [0.05, 0.1) is 45.6 Å². The molecule has 4 aromatic rings. The zero-order valence-electron chi connectivity index (χ0n) is 26.3. The van der Waals surface area contributed by atoms with E-state index in [-0.39, 0.29) is 5.75 Å². The summed E-state index contributed by atoms with van der Waals surface area (Å²) in [5.41, 5.74) is 14.1. The largest absolute Gasteiger partial charge is 0.508 e. The fourth-order valence-electron chi connectivity index (χ4n) is 6.70. The summed E-state index contributed by atoms with van der Waals surface area (Å²) in [6.07, 6.45) is 16.4. The van der Waals surface area contributed by atoms with Crippen molar-refractivity contribution in [2.24, 2.45) is 20.0 Å². The Hall–Kier alpha value is -6.72. The van der Waals surface area contributed by atoms with Crippen molar-refractivity contribution in [1.82, 2.24) is 0 Å². The molecule has 8 bridgehead atoms. The van der Waals surface area contributed by atoms with Crippen LogP contribution in [0.25, 0.3) is 22.3 Å². The zero-order chi connectivity index (χ0) is 32.7. The zero-order valence-corrected chi connectivity index (χ0v) is 26.3. The highest BCUT2D eigenvalue weighted by Gasteiger charge is 2.28. The lowest BCUT2D eigenvalue weighted by molar-refractivity contribution is 0.475. The monoisotopic (exact) mass is 628 g/mol. The summed E-state index contributed by atoms with van der Waals surface area (Å²) >= 11 is 0. The van der Waals surface area contributed by atoms with Gasteiger partial charge in [0.1, 0.15) is 5.75 Å². The third-order valence-electron chi connectivity index (χ3n) is 8.89. The van der Waals surface area contributed by atoms with E-state index in [0.717, 1.165) is 90.2 Å². The van der Waals surface area contributed by atoms with Gasteiger partial charge in [0.2, 0.25) is 0 Å². The van der Waals surface area contributed by atoms with E-state index in [1.165, 1.54) is 0 Å². The molecule has 4 aromatic carbocycles. The Morgan fingerprint density at radius 1 is 0.408 bits per heavy atom. The Balaban J connectivity index is 1.36. The minimum atomic E-state index is 0.193. The Morgan fingerprint density at radius 3 is 1.51 bits per heavy atom. The van der Waals surface area contributed by atoms with Gasteiger partial charge in [0, 0.05) is 22.3 Å². The van der Waals surface area contributed by atoms with Gasteiger partial charge in [0.15, 0.2) is 0 Å². The summed E-state index contributed by atoms with van der Waals surface area (Å²) < 4.78 is 0. The molecule has 0 saturated heterocycles. The van der Waals surface area contributed by atoms with Crippen LogP contribution in [0.1, 0.15) is 22.3 Å². The molecule has 5 heterocycles. The van der Waals surface area contributed by atoms with Crippen molar-refractivity contribution in [3.05, 3.63) is 209 Å². The van der Waals surface area contributed by atoms with E-state index in [4.69, 9.17) is 20.0 Å². The number of allylic oxidation sites excluding steroid dienone is 12. The van der Waals surface area contributed by atoms with Crippen LogP contribution in [0.3, 0.4) is 0 Å². The fourth-order valence-corrected chi connectivity index (χ4v) is 6.70. The number of benzene rings is 4. The Labute approximate surface area is 284 Å². The van der Waals surface area contributed by atoms with E-state index in [1.54, 1.807) is 12.1 Å². The smallest absolute Gasteiger partial charge is 0.116 e. The minimum absolute atomic E-state index is 0.193. The van der Waals surface area contributed by atoms with Gasteiger partial charge in [-0.3, -0.25) is 0 Å². The molecule has 49 heavy (non-hydrogen) atoms. The van der Waals surface area contributed by atoms with Gasteiger partial charge < -0.3 is 5.11 Å². The molecule has 0 aliphatic carbocycles. The van der Waals surface area contributed by atoms with Gasteiger partial charge >= 0.3 is 0 Å². The highest BCUT2D eigenvalue weighted by atomic mass is 16.3. The first-order chi connectivity index (χ1) is 24.2. The Kier molecular flexibility index (Phi) is 6.87. The first-order valence-electron chi connectivity index (χ1n) is 16.2. The molecule has 0 aromatic heterocycles. The number of aromatic hydroxyl groups is 1. The average Bonchev–Trinajstić information content (AvgIpc) is 3.97. The molecule has 5 heteroatoms. The summed E-state index contributed by atoms with van der Waals surface area (Å²) in [4.78, 5) is 21.0. The standard InChI is InChI=1S/C44H28N4O/c49-34-18-10-17-31(25-34)35-27-33-26-32-19-20-36(45-32)41(28-11-4-1-5-12-28)37-21-22-38(47-37)42(29-13-6-2-7-14-29)39-23-24-40(48-39)43(44(35)46-33)30-15-8-3-9-16-30/h1-27,49H. The van der Waals surface area contributed by atoms with Crippen LogP contribution in [0.2, 0.25) is 0 Å². The summed E-state index contributed by atoms with van der Waals surface area (Å²) in [5.74, 6) is 0.193. The van der Waals surface area contributed by atoms with Crippen LogP contribution in [0.4, 0.5) is 0 Å². The number of hydrogen-bond donors (Lipinski definition) is 1. The van der Waals surface area contributed by atoms with Crippen LogP contribution in [0.15, 0.2) is 207 Å². The minimum Gasteiger partial charge on any atom is -0.508 e. The number of phenols is 1. The summed E-state index contributed by atoms with van der Waals surface area (Å²) in [5, 5.41) is 10.5. The van der Waals surface area contributed by atoms with Crippen LogP contribution < -0.4 is 0 Å². The fraction of sp³-hybridized carbons (Fsp3) is 0. The van der Waals surface area contributed by atoms with E-state index in [9.17, 15) is 5.11 Å². The molecule has 0 amide bonds. The third kappa shape index (κ3) is 5.24. The molecule has 0 spiro atoms. The van der Waals surface area contributed by atoms with Crippen molar-refractivity contribution >= 4 is 45.1 Å². The SMILES string of the molecule is Oc1cccc(C2=CC3=CC4=NC(=C(c5ccccc5)C5=NC(=C(c6ccccc6)C6=NC(=C(c7ccccc7)C2=N3)C=C6)C=C5)C=C4)c1.